The van der Waals surface area contributed by atoms with Crippen molar-refractivity contribution in [3.05, 3.63) is 57.3 Å². The molecular formula is C16H18ClN3S. The summed E-state index contributed by atoms with van der Waals surface area (Å²) in [6.07, 6.45) is 2.15. The van der Waals surface area contributed by atoms with Crippen LogP contribution in [0, 0.1) is 13.8 Å². The maximum atomic E-state index is 6.25. The number of thiazole rings is 1. The second-order valence-electron chi connectivity index (χ2n) is 5.26. The van der Waals surface area contributed by atoms with Gasteiger partial charge in [-0.1, -0.05) is 29.8 Å². The number of halogens is 1. The number of benzene rings is 1. The first kappa shape index (κ1) is 14.6. The molecule has 1 aromatic carbocycles. The summed E-state index contributed by atoms with van der Waals surface area (Å²) in [7, 11) is 0. The number of nitrogens with one attached hydrogen (secondary N) is 1. The van der Waals surface area contributed by atoms with Crippen molar-refractivity contribution >= 4 is 27.9 Å². The molecule has 21 heavy (non-hydrogen) atoms. The Labute approximate surface area is 133 Å². The number of aromatic nitrogens is 2. The highest BCUT2D eigenvalue weighted by Crippen LogP contribution is 2.24. The Morgan fingerprint density at radius 1 is 1.33 bits per heavy atom. The van der Waals surface area contributed by atoms with Crippen molar-refractivity contribution < 1.29 is 0 Å². The largest absolute Gasteiger partial charge is 0.305 e. The van der Waals surface area contributed by atoms with Crippen LogP contribution in [0.4, 0.5) is 0 Å². The van der Waals surface area contributed by atoms with Crippen molar-refractivity contribution in [3.8, 4) is 0 Å². The van der Waals surface area contributed by atoms with Crippen LogP contribution in [0.3, 0.4) is 0 Å². The lowest BCUT2D eigenvalue weighted by Crippen LogP contribution is -2.19. The van der Waals surface area contributed by atoms with Gasteiger partial charge in [0.1, 0.15) is 0 Å². The number of aryl methyl sites for hydroxylation is 2. The second kappa shape index (κ2) is 5.79. The molecule has 2 aromatic heterocycles. The fraction of sp³-hybridized carbons (Fsp3) is 0.312. The van der Waals surface area contributed by atoms with Crippen LogP contribution < -0.4 is 5.32 Å². The topological polar surface area (TPSA) is 29.3 Å². The molecule has 1 atom stereocenters. The molecule has 3 nitrogen and oxygen atoms in total. The summed E-state index contributed by atoms with van der Waals surface area (Å²) in [5.74, 6) is 0. The quantitative estimate of drug-likeness (QED) is 0.766. The third-order valence-corrected chi connectivity index (χ3v) is 4.93. The Kier molecular flexibility index (Phi) is 4.02. The van der Waals surface area contributed by atoms with Gasteiger partial charge in [0.15, 0.2) is 4.96 Å². The standard InChI is InChI=1S/C16H18ClN3S/c1-10-9-20-15(12(3)19-16(20)21-10)8-18-11(2)13-6-4-5-7-14(13)17/h4-7,9,11,18H,8H2,1-3H3/t11-/m0/s1. The maximum Gasteiger partial charge on any atom is 0.194 e. The van der Waals surface area contributed by atoms with Gasteiger partial charge in [-0.25, -0.2) is 4.98 Å². The SMILES string of the molecule is Cc1cn2c(CN[C@@H](C)c3ccccc3Cl)c(C)nc2s1. The number of nitrogens with zero attached hydrogens (tertiary/aromatic N) is 2. The van der Waals surface area contributed by atoms with E-state index in [9.17, 15) is 0 Å². The van der Waals surface area contributed by atoms with Gasteiger partial charge in [0.25, 0.3) is 0 Å². The van der Waals surface area contributed by atoms with Crippen LogP contribution >= 0.6 is 22.9 Å². The fourth-order valence-electron chi connectivity index (χ4n) is 2.51. The van der Waals surface area contributed by atoms with E-state index in [0.29, 0.717) is 0 Å². The smallest absolute Gasteiger partial charge is 0.194 e. The van der Waals surface area contributed by atoms with Crippen LogP contribution in [0.25, 0.3) is 4.96 Å². The van der Waals surface area contributed by atoms with Gasteiger partial charge >= 0.3 is 0 Å². The van der Waals surface area contributed by atoms with Crippen LogP contribution in [0.2, 0.25) is 5.02 Å². The molecule has 3 aromatic rings. The number of fused-ring (bicyclic) bond motifs is 1. The van der Waals surface area contributed by atoms with Crippen molar-refractivity contribution in [1.29, 1.82) is 0 Å². The van der Waals surface area contributed by atoms with Crippen molar-refractivity contribution in [1.82, 2.24) is 14.7 Å². The molecule has 0 spiro atoms. The summed E-state index contributed by atoms with van der Waals surface area (Å²) in [5.41, 5.74) is 3.42. The van der Waals surface area contributed by atoms with Crippen LogP contribution in [-0.4, -0.2) is 9.38 Å². The van der Waals surface area contributed by atoms with Crippen LogP contribution in [0.15, 0.2) is 30.5 Å². The lowest BCUT2D eigenvalue weighted by atomic mass is 10.1. The molecule has 0 aliphatic heterocycles. The van der Waals surface area contributed by atoms with E-state index >= 15 is 0 Å². The molecule has 0 aliphatic carbocycles. The summed E-state index contributed by atoms with van der Waals surface area (Å²) in [6, 6.07) is 8.16. The third-order valence-electron chi connectivity index (χ3n) is 3.69. The molecule has 110 valence electrons. The summed E-state index contributed by atoms with van der Waals surface area (Å²) >= 11 is 7.98. The summed E-state index contributed by atoms with van der Waals surface area (Å²) in [5, 5.41) is 4.35. The summed E-state index contributed by atoms with van der Waals surface area (Å²) in [6.45, 7) is 7.08. The van der Waals surface area contributed by atoms with Gasteiger partial charge in [0.2, 0.25) is 0 Å². The monoisotopic (exact) mass is 319 g/mol. The minimum absolute atomic E-state index is 0.198. The molecule has 0 saturated carbocycles. The normalized spacial score (nSPS) is 13.0. The molecule has 0 fully saturated rings. The number of imidazole rings is 1. The van der Waals surface area contributed by atoms with Gasteiger partial charge in [0.05, 0.1) is 11.4 Å². The van der Waals surface area contributed by atoms with E-state index in [-0.39, 0.29) is 6.04 Å². The zero-order valence-corrected chi connectivity index (χ0v) is 13.9. The lowest BCUT2D eigenvalue weighted by molar-refractivity contribution is 0.564. The molecule has 5 heteroatoms. The van der Waals surface area contributed by atoms with E-state index in [2.05, 4.69) is 47.7 Å². The molecule has 0 unspecified atom stereocenters. The molecule has 0 radical (unpaired) electrons. The Balaban J connectivity index is 1.80. The molecule has 2 heterocycles. The van der Waals surface area contributed by atoms with Crippen LogP contribution in [0.1, 0.15) is 34.8 Å². The van der Waals surface area contributed by atoms with Crippen molar-refractivity contribution in [3.63, 3.8) is 0 Å². The van der Waals surface area contributed by atoms with Gasteiger partial charge < -0.3 is 5.32 Å². The van der Waals surface area contributed by atoms with Gasteiger partial charge in [-0.15, -0.1) is 11.3 Å². The van der Waals surface area contributed by atoms with Crippen LogP contribution in [0.5, 0.6) is 0 Å². The van der Waals surface area contributed by atoms with Gasteiger partial charge in [-0.05, 0) is 32.4 Å². The van der Waals surface area contributed by atoms with E-state index in [1.165, 1.54) is 10.6 Å². The van der Waals surface area contributed by atoms with Crippen molar-refractivity contribution in [2.24, 2.45) is 0 Å². The summed E-state index contributed by atoms with van der Waals surface area (Å²) in [4.78, 5) is 6.96. The predicted molar refractivity (Wildman–Crippen MR) is 89.2 cm³/mol. The first-order valence-corrected chi connectivity index (χ1v) is 8.17. The molecule has 0 bridgehead atoms. The number of hydrogen-bond donors (Lipinski definition) is 1. The second-order valence-corrected chi connectivity index (χ2v) is 6.88. The Hall–Kier alpha value is -1.36. The molecule has 3 rings (SSSR count). The Bertz CT molecular complexity index is 775. The van der Waals surface area contributed by atoms with Gasteiger partial charge in [0, 0.05) is 28.7 Å². The fourth-order valence-corrected chi connectivity index (χ4v) is 3.70. The minimum atomic E-state index is 0.198. The lowest BCUT2D eigenvalue weighted by Gasteiger charge is -2.15. The number of hydrogen-bond acceptors (Lipinski definition) is 3. The van der Waals surface area contributed by atoms with Gasteiger partial charge in [-0.2, -0.15) is 0 Å². The van der Waals surface area contributed by atoms with E-state index < -0.39 is 0 Å². The highest BCUT2D eigenvalue weighted by molar-refractivity contribution is 7.17. The molecule has 0 saturated heterocycles. The minimum Gasteiger partial charge on any atom is -0.305 e. The van der Waals surface area contributed by atoms with E-state index in [1.54, 1.807) is 11.3 Å². The maximum absolute atomic E-state index is 6.25. The van der Waals surface area contributed by atoms with Crippen molar-refractivity contribution in [2.45, 2.75) is 33.4 Å². The zero-order chi connectivity index (χ0) is 15.0. The first-order valence-electron chi connectivity index (χ1n) is 6.98. The van der Waals surface area contributed by atoms with E-state index in [1.807, 2.05) is 18.2 Å². The average molecular weight is 320 g/mol. The highest BCUT2D eigenvalue weighted by atomic mass is 35.5. The first-order chi connectivity index (χ1) is 10.1. The third kappa shape index (κ3) is 2.84. The predicted octanol–water partition coefficient (Wildman–Crippen LogP) is 4.52. The Morgan fingerprint density at radius 2 is 2.10 bits per heavy atom. The summed E-state index contributed by atoms with van der Waals surface area (Å²) < 4.78 is 2.18. The highest BCUT2D eigenvalue weighted by Gasteiger charge is 2.13. The molecule has 0 aliphatic rings. The molecular weight excluding hydrogens is 302 g/mol. The van der Waals surface area contributed by atoms with Gasteiger partial charge in [-0.3, -0.25) is 4.40 Å². The average Bonchev–Trinajstić information content (AvgIpc) is 2.92. The van der Waals surface area contributed by atoms with E-state index in [4.69, 9.17) is 11.6 Å². The Morgan fingerprint density at radius 3 is 2.86 bits per heavy atom. The number of rotatable bonds is 4. The molecule has 1 N–H and O–H groups in total. The van der Waals surface area contributed by atoms with Crippen LogP contribution in [-0.2, 0) is 6.54 Å². The zero-order valence-electron chi connectivity index (χ0n) is 12.4. The molecule has 0 amide bonds. The van der Waals surface area contributed by atoms with Crippen molar-refractivity contribution in [2.75, 3.05) is 0 Å². The van der Waals surface area contributed by atoms with E-state index in [0.717, 1.165) is 27.8 Å².